The van der Waals surface area contributed by atoms with E-state index in [2.05, 4.69) is 9.82 Å². The lowest BCUT2D eigenvalue weighted by atomic mass is 10.3. The molecule has 0 radical (unpaired) electrons. The van der Waals surface area contributed by atoms with Crippen LogP contribution in [0.1, 0.15) is 12.6 Å². The molecule has 0 aliphatic carbocycles. The van der Waals surface area contributed by atoms with Crippen molar-refractivity contribution in [3.05, 3.63) is 30.1 Å². The van der Waals surface area contributed by atoms with E-state index >= 15 is 0 Å². The zero-order valence-corrected chi connectivity index (χ0v) is 13.8. The number of aromatic nitrogens is 2. The van der Waals surface area contributed by atoms with Gasteiger partial charge >= 0.3 is 0 Å². The minimum absolute atomic E-state index is 0.0915. The molecular weight excluding hydrogens is 306 g/mol. The van der Waals surface area contributed by atoms with Crippen molar-refractivity contribution in [3.8, 4) is 11.5 Å². The van der Waals surface area contributed by atoms with E-state index in [0.29, 0.717) is 29.4 Å². The van der Waals surface area contributed by atoms with E-state index in [4.69, 9.17) is 9.47 Å². The largest absolute Gasteiger partial charge is 0.493 e. The molecule has 0 bridgehead atoms. The van der Waals surface area contributed by atoms with Gasteiger partial charge in [-0.1, -0.05) is 0 Å². The van der Waals surface area contributed by atoms with E-state index in [1.54, 1.807) is 23.9 Å². The van der Waals surface area contributed by atoms with Gasteiger partial charge in [-0.25, -0.2) is 8.42 Å². The summed E-state index contributed by atoms with van der Waals surface area (Å²) in [7, 11) is -0.779. The molecule has 0 fully saturated rings. The highest BCUT2D eigenvalue weighted by Gasteiger charge is 2.19. The Bertz CT molecular complexity index is 768. The van der Waals surface area contributed by atoms with Crippen LogP contribution in [-0.2, 0) is 16.6 Å². The average molecular weight is 325 g/mol. The van der Waals surface area contributed by atoms with E-state index < -0.39 is 10.0 Å². The molecule has 2 rings (SSSR count). The number of nitrogens with zero attached hydrogens (tertiary/aromatic N) is 2. The predicted octanol–water partition coefficient (Wildman–Crippen LogP) is 2.03. The third kappa shape index (κ3) is 3.16. The van der Waals surface area contributed by atoms with E-state index in [9.17, 15) is 8.42 Å². The number of sulfonamides is 1. The fraction of sp³-hybridized carbons (Fsp3) is 0.357. The number of methoxy groups -OCH3 is 2. The maximum atomic E-state index is 12.5. The van der Waals surface area contributed by atoms with Crippen LogP contribution in [0.3, 0.4) is 0 Å². The number of rotatable bonds is 6. The van der Waals surface area contributed by atoms with Gasteiger partial charge < -0.3 is 9.47 Å². The van der Waals surface area contributed by atoms with E-state index in [0.717, 1.165) is 0 Å². The lowest BCUT2D eigenvalue weighted by Gasteiger charge is -2.11. The zero-order chi connectivity index (χ0) is 16.3. The van der Waals surface area contributed by atoms with Gasteiger partial charge in [-0.2, -0.15) is 5.10 Å². The number of benzene rings is 1. The maximum Gasteiger partial charge on any atom is 0.262 e. The number of hydrogen-bond acceptors (Lipinski definition) is 5. The lowest BCUT2D eigenvalue weighted by molar-refractivity contribution is 0.354. The van der Waals surface area contributed by atoms with Crippen molar-refractivity contribution in [1.82, 2.24) is 9.78 Å². The van der Waals surface area contributed by atoms with Crippen LogP contribution in [0.25, 0.3) is 0 Å². The normalized spacial score (nSPS) is 11.3. The van der Waals surface area contributed by atoms with Gasteiger partial charge in [-0.05, 0) is 26.0 Å². The summed E-state index contributed by atoms with van der Waals surface area (Å²) in [5.41, 5.74) is 1.07. The molecule has 0 atom stereocenters. The molecule has 0 aliphatic rings. The summed E-state index contributed by atoms with van der Waals surface area (Å²) in [5.74, 6) is 0.822. The van der Waals surface area contributed by atoms with Gasteiger partial charge in [-0.15, -0.1) is 0 Å². The topological polar surface area (TPSA) is 82.5 Å². The standard InChI is InChI=1S/C14H19N3O4S/c1-5-17-9-12(10(2)15-17)16-22(18,19)11-6-7-13(20-3)14(8-11)21-4/h6-9,16H,5H2,1-4H3. The van der Waals surface area contributed by atoms with Crippen molar-refractivity contribution >= 4 is 15.7 Å². The molecule has 0 saturated carbocycles. The smallest absolute Gasteiger partial charge is 0.262 e. The summed E-state index contributed by atoms with van der Waals surface area (Å²) in [6.07, 6.45) is 1.66. The van der Waals surface area contributed by atoms with Crippen LogP contribution >= 0.6 is 0 Å². The van der Waals surface area contributed by atoms with Crippen LogP contribution in [0.4, 0.5) is 5.69 Å². The van der Waals surface area contributed by atoms with Crippen LogP contribution in [0, 0.1) is 6.92 Å². The number of aryl methyl sites for hydroxylation is 2. The second kappa shape index (κ2) is 6.27. The summed E-state index contributed by atoms with van der Waals surface area (Å²) in [5, 5.41) is 4.21. The summed E-state index contributed by atoms with van der Waals surface area (Å²) in [6.45, 7) is 4.34. The van der Waals surface area contributed by atoms with E-state index in [-0.39, 0.29) is 4.90 Å². The Morgan fingerprint density at radius 3 is 2.45 bits per heavy atom. The Labute approximate surface area is 129 Å². The quantitative estimate of drug-likeness (QED) is 0.878. The molecule has 1 aromatic carbocycles. The first-order valence-corrected chi connectivity index (χ1v) is 8.18. The van der Waals surface area contributed by atoms with Crippen LogP contribution < -0.4 is 14.2 Å². The Morgan fingerprint density at radius 2 is 1.91 bits per heavy atom. The van der Waals surface area contributed by atoms with Gasteiger partial charge in [0.2, 0.25) is 0 Å². The molecule has 7 nitrogen and oxygen atoms in total. The second-order valence-corrected chi connectivity index (χ2v) is 6.29. The van der Waals surface area contributed by atoms with Crippen LogP contribution in [-0.4, -0.2) is 32.4 Å². The van der Waals surface area contributed by atoms with Gasteiger partial charge in [-0.3, -0.25) is 9.40 Å². The van der Waals surface area contributed by atoms with Crippen molar-refractivity contribution < 1.29 is 17.9 Å². The predicted molar refractivity (Wildman–Crippen MR) is 83.0 cm³/mol. The number of ether oxygens (including phenoxy) is 2. The van der Waals surface area contributed by atoms with Gasteiger partial charge in [0.05, 0.1) is 30.5 Å². The molecule has 1 heterocycles. The monoisotopic (exact) mass is 325 g/mol. The third-order valence-corrected chi connectivity index (χ3v) is 4.54. The Balaban J connectivity index is 2.35. The Morgan fingerprint density at radius 1 is 1.23 bits per heavy atom. The Hall–Kier alpha value is -2.22. The van der Waals surface area contributed by atoms with Crippen LogP contribution in [0.15, 0.2) is 29.3 Å². The molecule has 8 heteroatoms. The minimum Gasteiger partial charge on any atom is -0.493 e. The van der Waals surface area contributed by atoms with Gasteiger partial charge in [0.25, 0.3) is 10.0 Å². The molecule has 0 saturated heterocycles. The lowest BCUT2D eigenvalue weighted by Crippen LogP contribution is -2.13. The van der Waals surface area contributed by atoms with Crippen molar-refractivity contribution in [2.24, 2.45) is 0 Å². The highest BCUT2D eigenvalue weighted by molar-refractivity contribution is 7.92. The number of anilines is 1. The first kappa shape index (κ1) is 16.2. The van der Waals surface area contributed by atoms with Gasteiger partial charge in [0.1, 0.15) is 0 Å². The summed E-state index contributed by atoms with van der Waals surface area (Å²) in [6, 6.07) is 4.43. The fourth-order valence-corrected chi connectivity index (χ4v) is 3.08. The molecular formula is C14H19N3O4S. The first-order chi connectivity index (χ1) is 10.4. The molecule has 2 aromatic rings. The summed E-state index contributed by atoms with van der Waals surface area (Å²) in [4.78, 5) is 0.0915. The summed E-state index contributed by atoms with van der Waals surface area (Å²) >= 11 is 0. The molecule has 0 amide bonds. The van der Waals surface area contributed by atoms with Crippen molar-refractivity contribution in [2.75, 3.05) is 18.9 Å². The van der Waals surface area contributed by atoms with Crippen LogP contribution in [0.5, 0.6) is 11.5 Å². The maximum absolute atomic E-state index is 12.5. The third-order valence-electron chi connectivity index (χ3n) is 3.18. The average Bonchev–Trinajstić information content (AvgIpc) is 2.86. The highest BCUT2D eigenvalue weighted by atomic mass is 32.2. The fourth-order valence-electron chi connectivity index (χ4n) is 1.97. The number of hydrogen-bond donors (Lipinski definition) is 1. The molecule has 120 valence electrons. The molecule has 22 heavy (non-hydrogen) atoms. The van der Waals surface area contributed by atoms with E-state index in [1.807, 2.05) is 6.92 Å². The van der Waals surface area contributed by atoms with Gasteiger partial charge in [0, 0.05) is 18.8 Å². The number of nitrogens with one attached hydrogen (secondary N) is 1. The SMILES string of the molecule is CCn1cc(NS(=O)(=O)c2ccc(OC)c(OC)c2)c(C)n1. The molecule has 1 N–H and O–H groups in total. The Kier molecular flexibility index (Phi) is 4.60. The molecule has 1 aromatic heterocycles. The zero-order valence-electron chi connectivity index (χ0n) is 13.0. The molecule has 0 spiro atoms. The summed E-state index contributed by atoms with van der Waals surface area (Å²) < 4.78 is 39.4. The van der Waals surface area contributed by atoms with Gasteiger partial charge in [0.15, 0.2) is 11.5 Å². The highest BCUT2D eigenvalue weighted by Crippen LogP contribution is 2.30. The van der Waals surface area contributed by atoms with Crippen LogP contribution in [0.2, 0.25) is 0 Å². The first-order valence-electron chi connectivity index (χ1n) is 6.70. The van der Waals surface area contributed by atoms with E-state index in [1.165, 1.54) is 26.4 Å². The van der Waals surface area contributed by atoms with Crippen molar-refractivity contribution in [1.29, 1.82) is 0 Å². The minimum atomic E-state index is -3.73. The van der Waals surface area contributed by atoms with Crippen molar-refractivity contribution in [3.63, 3.8) is 0 Å². The molecule has 0 aliphatic heterocycles. The second-order valence-electron chi connectivity index (χ2n) is 4.61. The molecule has 0 unspecified atom stereocenters. The van der Waals surface area contributed by atoms with Crippen molar-refractivity contribution in [2.45, 2.75) is 25.3 Å².